The molecule has 0 heterocycles. The van der Waals surface area contributed by atoms with Crippen molar-refractivity contribution in [1.29, 1.82) is 0 Å². The summed E-state index contributed by atoms with van der Waals surface area (Å²) < 4.78 is 0. The van der Waals surface area contributed by atoms with E-state index in [4.69, 9.17) is 0 Å². The minimum atomic E-state index is -0.227. The van der Waals surface area contributed by atoms with Crippen LogP contribution >= 0.6 is 0 Å². The van der Waals surface area contributed by atoms with Gasteiger partial charge in [0.2, 0.25) is 0 Å². The molecule has 0 aliphatic heterocycles. The van der Waals surface area contributed by atoms with Crippen molar-refractivity contribution >= 4 is 44.4 Å². The molecule has 1 unspecified atom stereocenters. The molecule has 2 radical (unpaired) electrons. The Kier molecular flexibility index (Phi) is 4.20. The van der Waals surface area contributed by atoms with E-state index in [1.165, 1.54) is 11.1 Å². The second kappa shape index (κ2) is 4.80. The van der Waals surface area contributed by atoms with Gasteiger partial charge in [0.05, 0.1) is 8.80 Å². The molecule has 2 heteroatoms. The van der Waals surface area contributed by atoms with Crippen LogP contribution in [-0.2, 0) is 0 Å². The van der Waals surface area contributed by atoms with Crippen LogP contribution in [0.4, 0.5) is 0 Å². The average Bonchev–Trinajstić information content (AvgIpc) is 2.48. The van der Waals surface area contributed by atoms with Crippen LogP contribution in [0.5, 0.6) is 0 Å². The van der Waals surface area contributed by atoms with Gasteiger partial charge < -0.3 is 0 Å². The molecule has 1 aromatic carbocycles. The van der Waals surface area contributed by atoms with Crippen molar-refractivity contribution in [3.8, 4) is 0 Å². The largest absolute Gasteiger partial charge is 0.0794 e. The summed E-state index contributed by atoms with van der Waals surface area (Å²) >= 11 is 0. The van der Waals surface area contributed by atoms with Crippen LogP contribution in [0.3, 0.4) is 0 Å². The molecular formula is C12H15NaSi. The molecule has 0 bridgehead atoms. The third-order valence-electron chi connectivity index (χ3n) is 2.77. The summed E-state index contributed by atoms with van der Waals surface area (Å²) in [6.45, 7) is 6.97. The first-order valence-electron chi connectivity index (χ1n) is 4.78. The maximum atomic E-state index is 2.39. The molecule has 14 heavy (non-hydrogen) atoms. The Bertz CT molecular complexity index is 355. The molecule has 1 atom stereocenters. The summed E-state index contributed by atoms with van der Waals surface area (Å²) in [5, 5.41) is 0. The minimum Gasteiger partial charge on any atom is -0.0794 e. The molecule has 1 aliphatic rings. The van der Waals surface area contributed by atoms with Crippen molar-refractivity contribution in [3.05, 3.63) is 41.0 Å². The molecule has 1 aromatic rings. The summed E-state index contributed by atoms with van der Waals surface area (Å²) in [4.78, 5) is 0. The molecule has 0 saturated carbocycles. The normalized spacial score (nSPS) is 18.1. The first kappa shape index (κ1) is 12.2. The predicted octanol–water partition coefficient (Wildman–Crippen LogP) is 3.02. The number of fused-ring (bicyclic) bond motifs is 1. The summed E-state index contributed by atoms with van der Waals surface area (Å²) in [6.07, 6.45) is 4.68. The van der Waals surface area contributed by atoms with Gasteiger partial charge in [-0.1, -0.05) is 43.4 Å². The zero-order valence-electron chi connectivity index (χ0n) is 9.46. The number of rotatable bonds is 1. The molecule has 0 aromatic heterocycles. The maximum Gasteiger partial charge on any atom is 0.0548 e. The SMILES string of the molecule is Cc1cccc2c1C=CC2[Si](C)C.[Na]. The second-order valence-electron chi connectivity index (χ2n) is 3.99. The Labute approximate surface area is 110 Å². The van der Waals surface area contributed by atoms with Gasteiger partial charge in [-0.15, -0.1) is 0 Å². The van der Waals surface area contributed by atoms with E-state index in [0.717, 1.165) is 5.54 Å². The fourth-order valence-electron chi connectivity index (χ4n) is 2.00. The second-order valence-corrected chi connectivity index (χ2v) is 6.77. The van der Waals surface area contributed by atoms with Crippen LogP contribution in [0, 0.1) is 6.92 Å². The van der Waals surface area contributed by atoms with Crippen molar-refractivity contribution in [1.82, 2.24) is 0 Å². The van der Waals surface area contributed by atoms with Crippen molar-refractivity contribution in [2.45, 2.75) is 25.6 Å². The number of allylic oxidation sites excluding steroid dienone is 1. The van der Waals surface area contributed by atoms with Crippen LogP contribution in [0.2, 0.25) is 13.1 Å². The van der Waals surface area contributed by atoms with Crippen LogP contribution in [-0.4, -0.2) is 38.4 Å². The van der Waals surface area contributed by atoms with Gasteiger partial charge in [0.1, 0.15) is 0 Å². The van der Waals surface area contributed by atoms with Crippen molar-refractivity contribution in [3.63, 3.8) is 0 Å². The molecule has 0 saturated heterocycles. The van der Waals surface area contributed by atoms with Crippen LogP contribution in [0.1, 0.15) is 22.2 Å². The van der Waals surface area contributed by atoms with Gasteiger partial charge in [-0.25, -0.2) is 0 Å². The fraction of sp³-hybridized carbons (Fsp3) is 0.333. The predicted molar refractivity (Wildman–Crippen MR) is 66.2 cm³/mol. The summed E-state index contributed by atoms with van der Waals surface area (Å²) in [6, 6.07) is 6.66. The summed E-state index contributed by atoms with van der Waals surface area (Å²) in [5.74, 6) is 0. The molecule has 0 nitrogen and oxygen atoms in total. The first-order chi connectivity index (χ1) is 6.20. The van der Waals surface area contributed by atoms with E-state index in [1.54, 1.807) is 5.56 Å². The van der Waals surface area contributed by atoms with E-state index in [1.807, 2.05) is 0 Å². The van der Waals surface area contributed by atoms with E-state index in [9.17, 15) is 0 Å². The number of hydrogen-bond acceptors (Lipinski definition) is 0. The van der Waals surface area contributed by atoms with Crippen molar-refractivity contribution in [2.24, 2.45) is 0 Å². The van der Waals surface area contributed by atoms with Gasteiger partial charge in [-0.2, -0.15) is 0 Å². The maximum absolute atomic E-state index is 2.39. The van der Waals surface area contributed by atoms with Crippen molar-refractivity contribution < 1.29 is 0 Å². The fourth-order valence-corrected chi connectivity index (χ4v) is 3.36. The Morgan fingerprint density at radius 3 is 2.57 bits per heavy atom. The van der Waals surface area contributed by atoms with E-state index in [-0.39, 0.29) is 38.4 Å². The smallest absolute Gasteiger partial charge is 0.0548 e. The summed E-state index contributed by atoms with van der Waals surface area (Å²) in [7, 11) is -0.227. The molecule has 0 amide bonds. The van der Waals surface area contributed by atoms with Gasteiger partial charge in [0.15, 0.2) is 0 Å². The van der Waals surface area contributed by atoms with E-state index in [0.29, 0.717) is 0 Å². The summed E-state index contributed by atoms with van der Waals surface area (Å²) in [5.41, 5.74) is 5.18. The quantitative estimate of drug-likeness (QED) is 0.625. The standard InChI is InChI=1S/C12H15Si.Na/c1-9-5-4-6-11-10(9)7-8-12(11)13(2)3;/h4-8,12H,1-3H3;. The third-order valence-corrected chi connectivity index (χ3v) is 4.52. The molecular weight excluding hydrogens is 195 g/mol. The minimum absolute atomic E-state index is 0. The van der Waals surface area contributed by atoms with Gasteiger partial charge in [-0.3, -0.25) is 0 Å². The molecule has 1 aliphatic carbocycles. The van der Waals surface area contributed by atoms with Crippen LogP contribution < -0.4 is 0 Å². The van der Waals surface area contributed by atoms with Gasteiger partial charge in [0, 0.05) is 29.6 Å². The van der Waals surface area contributed by atoms with E-state index >= 15 is 0 Å². The Hall–Kier alpha value is 0.177. The number of hydrogen-bond donors (Lipinski definition) is 0. The molecule has 68 valence electrons. The molecule has 0 spiro atoms. The van der Waals surface area contributed by atoms with Crippen molar-refractivity contribution in [2.75, 3.05) is 0 Å². The van der Waals surface area contributed by atoms with Gasteiger partial charge in [-0.05, 0) is 29.2 Å². The van der Waals surface area contributed by atoms with E-state index < -0.39 is 0 Å². The zero-order chi connectivity index (χ0) is 9.42. The Morgan fingerprint density at radius 1 is 1.21 bits per heavy atom. The van der Waals surface area contributed by atoms with Crippen LogP contribution in [0.25, 0.3) is 6.08 Å². The molecule has 0 fully saturated rings. The van der Waals surface area contributed by atoms with E-state index in [2.05, 4.69) is 50.4 Å². The van der Waals surface area contributed by atoms with Gasteiger partial charge >= 0.3 is 0 Å². The Balaban J connectivity index is 0.000000980. The number of benzene rings is 1. The zero-order valence-corrected chi connectivity index (χ0v) is 12.5. The number of aryl methyl sites for hydroxylation is 1. The average molecular weight is 210 g/mol. The topological polar surface area (TPSA) is 0 Å². The van der Waals surface area contributed by atoms with Crippen LogP contribution in [0.15, 0.2) is 24.3 Å². The monoisotopic (exact) mass is 210 g/mol. The third kappa shape index (κ3) is 2.06. The van der Waals surface area contributed by atoms with Gasteiger partial charge in [0.25, 0.3) is 0 Å². The Morgan fingerprint density at radius 2 is 1.93 bits per heavy atom. The molecule has 2 rings (SSSR count). The molecule has 0 N–H and O–H groups in total. The first-order valence-corrected chi connectivity index (χ1v) is 7.35.